The summed E-state index contributed by atoms with van der Waals surface area (Å²) in [5.41, 5.74) is 7.42. The number of nitrogens with two attached hydrogens (primary N) is 1. The molecule has 0 unspecified atom stereocenters. The van der Waals surface area contributed by atoms with E-state index >= 15 is 0 Å². The Bertz CT molecular complexity index is 318. The first kappa shape index (κ1) is 14.7. The van der Waals surface area contributed by atoms with Gasteiger partial charge < -0.3 is 11.1 Å². The number of nitrogens with one attached hydrogen (secondary N) is 1. The summed E-state index contributed by atoms with van der Waals surface area (Å²) in [5.74, 6) is 0. The highest BCUT2D eigenvalue weighted by atomic mass is 32.1. The summed E-state index contributed by atoms with van der Waals surface area (Å²) < 4.78 is 0. The van der Waals surface area contributed by atoms with E-state index in [1.807, 2.05) is 11.3 Å². The fraction of sp³-hybridized carbons (Fsp3) is 0.714. The Hall–Kier alpha value is -0.380. The molecule has 0 bridgehead atoms. The fourth-order valence-corrected chi connectivity index (χ4v) is 2.87. The quantitative estimate of drug-likeness (QED) is 0.699. The second-order valence-corrected chi connectivity index (χ2v) is 6.51. The van der Waals surface area contributed by atoms with Crippen LogP contribution in [0.15, 0.2) is 11.4 Å². The molecule has 0 saturated carbocycles. The van der Waals surface area contributed by atoms with Crippen LogP contribution in [0.3, 0.4) is 0 Å². The molecule has 1 aromatic heterocycles. The van der Waals surface area contributed by atoms with Gasteiger partial charge in [-0.1, -0.05) is 13.8 Å². The summed E-state index contributed by atoms with van der Waals surface area (Å²) in [5, 5.41) is 5.69. The number of hydrogen-bond acceptors (Lipinski definition) is 3. The van der Waals surface area contributed by atoms with Crippen molar-refractivity contribution in [2.75, 3.05) is 13.1 Å². The Kier molecular flexibility index (Phi) is 6.17. The van der Waals surface area contributed by atoms with Crippen LogP contribution in [-0.2, 0) is 6.54 Å². The molecule has 2 nitrogen and oxygen atoms in total. The molecule has 0 aliphatic rings. The van der Waals surface area contributed by atoms with Crippen LogP contribution in [0.1, 0.15) is 43.6 Å². The van der Waals surface area contributed by atoms with Crippen molar-refractivity contribution in [3.05, 3.63) is 21.9 Å². The molecule has 0 aromatic carbocycles. The van der Waals surface area contributed by atoms with Crippen molar-refractivity contribution in [3.63, 3.8) is 0 Å². The molecule has 1 aromatic rings. The van der Waals surface area contributed by atoms with E-state index in [0.29, 0.717) is 5.41 Å². The van der Waals surface area contributed by atoms with E-state index in [4.69, 9.17) is 5.73 Å². The Morgan fingerprint density at radius 3 is 2.71 bits per heavy atom. The zero-order valence-corrected chi connectivity index (χ0v) is 12.2. The van der Waals surface area contributed by atoms with E-state index < -0.39 is 0 Å². The van der Waals surface area contributed by atoms with E-state index in [1.165, 1.54) is 23.3 Å². The van der Waals surface area contributed by atoms with Gasteiger partial charge in [-0.05, 0) is 61.7 Å². The molecule has 0 saturated heterocycles. The van der Waals surface area contributed by atoms with E-state index in [2.05, 4.69) is 37.5 Å². The van der Waals surface area contributed by atoms with Gasteiger partial charge in [-0.2, -0.15) is 0 Å². The minimum absolute atomic E-state index is 0.398. The Morgan fingerprint density at radius 1 is 1.35 bits per heavy atom. The predicted octanol–water partition coefficient (Wildman–Crippen LogP) is 3.30. The topological polar surface area (TPSA) is 38.0 Å². The first-order valence-corrected chi connectivity index (χ1v) is 7.37. The lowest BCUT2D eigenvalue weighted by molar-refractivity contribution is 0.302. The second-order valence-electron chi connectivity index (χ2n) is 5.51. The maximum absolute atomic E-state index is 5.61. The van der Waals surface area contributed by atoms with Gasteiger partial charge in [0.05, 0.1) is 0 Å². The molecular formula is C14H26N2S. The lowest BCUT2D eigenvalue weighted by Crippen LogP contribution is -2.20. The van der Waals surface area contributed by atoms with E-state index in [0.717, 1.165) is 26.1 Å². The summed E-state index contributed by atoms with van der Waals surface area (Å²) in [7, 11) is 0. The van der Waals surface area contributed by atoms with E-state index in [1.54, 1.807) is 0 Å². The number of aryl methyl sites for hydroxylation is 1. The Balaban J connectivity index is 2.11. The monoisotopic (exact) mass is 254 g/mol. The third kappa shape index (κ3) is 5.66. The average molecular weight is 254 g/mol. The van der Waals surface area contributed by atoms with Crippen LogP contribution in [0, 0.1) is 12.3 Å². The molecule has 0 spiro atoms. The van der Waals surface area contributed by atoms with Gasteiger partial charge >= 0.3 is 0 Å². The van der Waals surface area contributed by atoms with Gasteiger partial charge in [-0.15, -0.1) is 11.3 Å². The first-order chi connectivity index (χ1) is 8.05. The number of rotatable bonds is 8. The predicted molar refractivity (Wildman–Crippen MR) is 77.4 cm³/mol. The molecule has 0 aliphatic heterocycles. The molecule has 17 heavy (non-hydrogen) atoms. The van der Waals surface area contributed by atoms with Crippen LogP contribution in [-0.4, -0.2) is 13.1 Å². The normalized spacial score (nSPS) is 12.0. The summed E-state index contributed by atoms with van der Waals surface area (Å²) in [6, 6.07) is 2.19. The highest BCUT2D eigenvalue weighted by Gasteiger charge is 2.15. The SMILES string of the molecule is Cc1ccsc1CNCCCC(C)(C)CCN. The molecule has 1 rings (SSSR count). The molecule has 0 aliphatic carbocycles. The molecule has 0 radical (unpaired) electrons. The molecule has 3 heteroatoms. The average Bonchev–Trinajstić information content (AvgIpc) is 2.63. The fourth-order valence-electron chi connectivity index (χ4n) is 1.99. The minimum atomic E-state index is 0.398. The third-order valence-corrected chi connectivity index (χ3v) is 4.30. The minimum Gasteiger partial charge on any atom is -0.330 e. The zero-order chi connectivity index (χ0) is 12.7. The summed E-state index contributed by atoms with van der Waals surface area (Å²) >= 11 is 1.84. The van der Waals surface area contributed by atoms with E-state index in [9.17, 15) is 0 Å². The maximum atomic E-state index is 5.61. The largest absolute Gasteiger partial charge is 0.330 e. The van der Waals surface area contributed by atoms with Gasteiger partial charge in [0.1, 0.15) is 0 Å². The molecule has 0 atom stereocenters. The van der Waals surface area contributed by atoms with Crippen molar-refractivity contribution in [2.45, 2.75) is 46.6 Å². The Labute approximate surface area is 110 Å². The van der Waals surface area contributed by atoms with Crippen molar-refractivity contribution >= 4 is 11.3 Å². The zero-order valence-electron chi connectivity index (χ0n) is 11.4. The molecule has 98 valence electrons. The van der Waals surface area contributed by atoms with Gasteiger partial charge in [0, 0.05) is 11.4 Å². The van der Waals surface area contributed by atoms with Crippen LogP contribution in [0.25, 0.3) is 0 Å². The second kappa shape index (κ2) is 7.14. The summed E-state index contributed by atoms with van der Waals surface area (Å²) in [4.78, 5) is 1.46. The highest BCUT2D eigenvalue weighted by molar-refractivity contribution is 7.10. The van der Waals surface area contributed by atoms with Crippen LogP contribution < -0.4 is 11.1 Å². The van der Waals surface area contributed by atoms with Crippen molar-refractivity contribution in [3.8, 4) is 0 Å². The lowest BCUT2D eigenvalue weighted by atomic mass is 9.84. The molecule has 1 heterocycles. The smallest absolute Gasteiger partial charge is 0.0302 e. The van der Waals surface area contributed by atoms with Crippen LogP contribution in [0.5, 0.6) is 0 Å². The van der Waals surface area contributed by atoms with E-state index in [-0.39, 0.29) is 0 Å². The summed E-state index contributed by atoms with van der Waals surface area (Å²) in [6.45, 7) is 9.71. The Morgan fingerprint density at radius 2 is 2.12 bits per heavy atom. The molecule has 0 amide bonds. The van der Waals surface area contributed by atoms with Crippen molar-refractivity contribution in [1.82, 2.24) is 5.32 Å². The highest BCUT2D eigenvalue weighted by Crippen LogP contribution is 2.25. The van der Waals surface area contributed by atoms with Crippen LogP contribution >= 0.6 is 11.3 Å². The molecular weight excluding hydrogens is 228 g/mol. The van der Waals surface area contributed by atoms with Gasteiger partial charge in [-0.25, -0.2) is 0 Å². The molecule has 0 fully saturated rings. The van der Waals surface area contributed by atoms with Crippen LogP contribution in [0.2, 0.25) is 0 Å². The third-order valence-electron chi connectivity index (χ3n) is 3.28. The van der Waals surface area contributed by atoms with Crippen molar-refractivity contribution in [2.24, 2.45) is 11.1 Å². The maximum Gasteiger partial charge on any atom is 0.0302 e. The van der Waals surface area contributed by atoms with Crippen molar-refractivity contribution < 1.29 is 0 Å². The standard InChI is InChI=1S/C14H26N2S/c1-12-5-10-17-13(12)11-16-9-4-6-14(2,3)7-8-15/h5,10,16H,4,6-9,11,15H2,1-3H3. The van der Waals surface area contributed by atoms with Gasteiger partial charge in [0.15, 0.2) is 0 Å². The lowest BCUT2D eigenvalue weighted by Gasteiger charge is -2.23. The summed E-state index contributed by atoms with van der Waals surface area (Å²) in [6.07, 6.45) is 3.61. The van der Waals surface area contributed by atoms with Gasteiger partial charge in [0.2, 0.25) is 0 Å². The number of thiophene rings is 1. The van der Waals surface area contributed by atoms with Crippen LogP contribution in [0.4, 0.5) is 0 Å². The van der Waals surface area contributed by atoms with Gasteiger partial charge in [0.25, 0.3) is 0 Å². The first-order valence-electron chi connectivity index (χ1n) is 6.49. The number of hydrogen-bond donors (Lipinski definition) is 2. The molecule has 3 N–H and O–H groups in total. The van der Waals surface area contributed by atoms with Crippen molar-refractivity contribution in [1.29, 1.82) is 0 Å². The van der Waals surface area contributed by atoms with Gasteiger partial charge in [-0.3, -0.25) is 0 Å².